The molecule has 0 N–H and O–H groups in total. The summed E-state index contributed by atoms with van der Waals surface area (Å²) < 4.78 is 5.39. The number of rotatable bonds is 0. The van der Waals surface area contributed by atoms with Crippen molar-refractivity contribution in [1.29, 1.82) is 0 Å². The van der Waals surface area contributed by atoms with Crippen molar-refractivity contribution in [2.75, 3.05) is 6.61 Å². The molecule has 0 bridgehead atoms. The van der Waals surface area contributed by atoms with E-state index in [-0.39, 0.29) is 19.1 Å². The zero-order chi connectivity index (χ0) is 8.55. The van der Waals surface area contributed by atoms with Gasteiger partial charge in [-0.3, -0.25) is 4.79 Å². The minimum absolute atomic E-state index is 0. The Balaban J connectivity index is 0.000000845. The van der Waals surface area contributed by atoms with E-state index >= 15 is 0 Å². The van der Waals surface area contributed by atoms with Crippen LogP contribution in [0.3, 0.4) is 0 Å². The van der Waals surface area contributed by atoms with E-state index in [0.717, 1.165) is 11.3 Å². The highest BCUT2D eigenvalue weighted by molar-refractivity contribution is 6.01. The minimum Gasteiger partial charge on any atom is -0.492 e. The second-order valence-electron chi connectivity index (χ2n) is 3.07. The molecule has 0 aliphatic carbocycles. The van der Waals surface area contributed by atoms with Crippen molar-refractivity contribution < 1.29 is 9.53 Å². The van der Waals surface area contributed by atoms with Gasteiger partial charge in [0.05, 0.1) is 18.1 Å². The van der Waals surface area contributed by atoms with Crippen LogP contribution in [0, 0.1) is 5.92 Å². The number of Topliss-reactive ketones (excluding diaryl/α,β-unsaturated/α-hetero) is 1. The molecule has 1 aliphatic heterocycles. The van der Waals surface area contributed by atoms with E-state index in [1.165, 1.54) is 0 Å². The number of carbonyl (C=O) groups is 1. The molecule has 2 rings (SSSR count). The normalized spacial score (nSPS) is 19.8. The Hall–Kier alpha value is -1.31. The number of benzene rings is 1. The molecule has 1 heterocycles. The second kappa shape index (κ2) is 3.60. The van der Waals surface area contributed by atoms with Gasteiger partial charge < -0.3 is 4.74 Å². The van der Waals surface area contributed by atoms with Crippen molar-refractivity contribution in [3.8, 4) is 5.75 Å². The Morgan fingerprint density at radius 3 is 2.85 bits per heavy atom. The fourth-order valence-electron chi connectivity index (χ4n) is 1.35. The maximum absolute atomic E-state index is 11.5. The summed E-state index contributed by atoms with van der Waals surface area (Å²) in [5, 5.41) is 0. The number of fused-ring (bicyclic) bond motifs is 1. The minimum atomic E-state index is -0.0000926. The maximum Gasteiger partial charge on any atom is 0.172 e. The fraction of sp³-hybridized carbons (Fsp3) is 0.364. The molecular weight excluding hydrogens is 164 g/mol. The molecule has 0 saturated heterocycles. The molecule has 1 aliphatic rings. The summed E-state index contributed by atoms with van der Waals surface area (Å²) in [6, 6.07) is 7.38. The number of ketones is 1. The standard InChI is InChI=1S/C10H10O2.CH4/c1-7-6-12-9-5-3-2-4-8(9)10(7)11;/h2-5,7H,6H2,1H3;1H4/t7-;/m1./s1. The molecule has 2 heteroatoms. The lowest BCUT2D eigenvalue weighted by Crippen LogP contribution is -2.24. The number of carbonyl (C=O) groups excluding carboxylic acids is 1. The van der Waals surface area contributed by atoms with Crippen LogP contribution < -0.4 is 4.74 Å². The van der Waals surface area contributed by atoms with Crippen LogP contribution in [0.4, 0.5) is 0 Å². The summed E-state index contributed by atoms with van der Waals surface area (Å²) in [7, 11) is 0. The predicted octanol–water partition coefficient (Wildman–Crippen LogP) is 2.53. The average Bonchev–Trinajstić information content (AvgIpc) is 2.12. The van der Waals surface area contributed by atoms with E-state index in [0.29, 0.717) is 6.61 Å². The van der Waals surface area contributed by atoms with Crippen molar-refractivity contribution in [2.45, 2.75) is 14.4 Å². The first-order chi connectivity index (χ1) is 5.79. The van der Waals surface area contributed by atoms with E-state index in [9.17, 15) is 4.79 Å². The van der Waals surface area contributed by atoms with Gasteiger partial charge in [-0.15, -0.1) is 0 Å². The molecule has 0 spiro atoms. The molecule has 0 saturated carbocycles. The number of hydrogen-bond donors (Lipinski definition) is 0. The van der Waals surface area contributed by atoms with Gasteiger partial charge in [0.15, 0.2) is 5.78 Å². The molecule has 0 amide bonds. The summed E-state index contributed by atoms with van der Waals surface area (Å²) in [6.07, 6.45) is 0. The average molecular weight is 178 g/mol. The Labute approximate surface area is 78.5 Å². The highest BCUT2D eigenvalue weighted by atomic mass is 16.5. The number of hydrogen-bond acceptors (Lipinski definition) is 2. The van der Waals surface area contributed by atoms with Crippen LogP contribution in [0.1, 0.15) is 24.7 Å². The summed E-state index contributed by atoms with van der Waals surface area (Å²) in [6.45, 7) is 2.40. The summed E-state index contributed by atoms with van der Waals surface area (Å²) in [4.78, 5) is 11.5. The molecule has 1 aromatic carbocycles. The molecule has 0 fully saturated rings. The van der Waals surface area contributed by atoms with Crippen molar-refractivity contribution >= 4 is 5.78 Å². The van der Waals surface area contributed by atoms with Gasteiger partial charge in [0.25, 0.3) is 0 Å². The first kappa shape index (κ1) is 9.78. The molecule has 13 heavy (non-hydrogen) atoms. The molecule has 70 valence electrons. The predicted molar refractivity (Wildman–Crippen MR) is 52.2 cm³/mol. The van der Waals surface area contributed by atoms with Crippen molar-refractivity contribution in [3.63, 3.8) is 0 Å². The number of para-hydroxylation sites is 1. The SMILES string of the molecule is C.C[C@@H]1COc2ccccc2C1=O. The molecule has 0 radical (unpaired) electrons. The molecule has 0 aromatic heterocycles. The summed E-state index contributed by atoms with van der Waals surface area (Å²) in [5.41, 5.74) is 0.719. The first-order valence-electron chi connectivity index (χ1n) is 4.05. The molecule has 1 atom stereocenters. The van der Waals surface area contributed by atoms with Gasteiger partial charge in [0, 0.05) is 0 Å². The fourth-order valence-corrected chi connectivity index (χ4v) is 1.35. The van der Waals surface area contributed by atoms with E-state index in [2.05, 4.69) is 0 Å². The third-order valence-electron chi connectivity index (χ3n) is 2.09. The summed E-state index contributed by atoms with van der Waals surface area (Å²) >= 11 is 0. The maximum atomic E-state index is 11.5. The van der Waals surface area contributed by atoms with Crippen LogP contribution in [-0.2, 0) is 0 Å². The Bertz CT molecular complexity index is 318. The Kier molecular flexibility index (Phi) is 2.71. The first-order valence-corrected chi connectivity index (χ1v) is 4.05. The third-order valence-corrected chi connectivity index (χ3v) is 2.09. The molecular formula is C11H14O2. The van der Waals surface area contributed by atoms with Gasteiger partial charge in [-0.1, -0.05) is 26.5 Å². The van der Waals surface area contributed by atoms with E-state index in [4.69, 9.17) is 4.74 Å². The smallest absolute Gasteiger partial charge is 0.172 e. The molecule has 2 nitrogen and oxygen atoms in total. The quantitative estimate of drug-likeness (QED) is 0.610. The van der Waals surface area contributed by atoms with Gasteiger partial charge in [0.1, 0.15) is 5.75 Å². The monoisotopic (exact) mass is 178 g/mol. The lowest BCUT2D eigenvalue weighted by atomic mass is 9.97. The number of ether oxygens (including phenoxy) is 1. The molecule has 1 aromatic rings. The van der Waals surface area contributed by atoms with Crippen LogP contribution >= 0.6 is 0 Å². The summed E-state index contributed by atoms with van der Waals surface area (Å²) in [5.74, 6) is 0.914. The van der Waals surface area contributed by atoms with Gasteiger partial charge in [-0.05, 0) is 12.1 Å². The highest BCUT2D eigenvalue weighted by Crippen LogP contribution is 2.26. The zero-order valence-electron chi connectivity index (χ0n) is 6.91. The van der Waals surface area contributed by atoms with Crippen LogP contribution in [0.15, 0.2) is 24.3 Å². The molecule has 0 unspecified atom stereocenters. The van der Waals surface area contributed by atoms with Gasteiger partial charge in [-0.2, -0.15) is 0 Å². The van der Waals surface area contributed by atoms with Crippen LogP contribution in [0.25, 0.3) is 0 Å². The Morgan fingerprint density at radius 2 is 2.08 bits per heavy atom. The van der Waals surface area contributed by atoms with Crippen molar-refractivity contribution in [3.05, 3.63) is 29.8 Å². The van der Waals surface area contributed by atoms with Crippen LogP contribution in [0.5, 0.6) is 5.75 Å². The second-order valence-corrected chi connectivity index (χ2v) is 3.07. The Morgan fingerprint density at radius 1 is 1.38 bits per heavy atom. The lowest BCUT2D eigenvalue weighted by molar-refractivity contribution is 0.0849. The highest BCUT2D eigenvalue weighted by Gasteiger charge is 2.24. The van der Waals surface area contributed by atoms with Crippen LogP contribution in [-0.4, -0.2) is 12.4 Å². The van der Waals surface area contributed by atoms with Crippen molar-refractivity contribution in [2.24, 2.45) is 5.92 Å². The van der Waals surface area contributed by atoms with E-state index in [1.54, 1.807) is 0 Å². The zero-order valence-corrected chi connectivity index (χ0v) is 6.91. The van der Waals surface area contributed by atoms with Gasteiger partial charge in [-0.25, -0.2) is 0 Å². The van der Waals surface area contributed by atoms with E-state index in [1.807, 2.05) is 31.2 Å². The van der Waals surface area contributed by atoms with Crippen molar-refractivity contribution in [1.82, 2.24) is 0 Å². The van der Waals surface area contributed by atoms with Gasteiger partial charge >= 0.3 is 0 Å². The third kappa shape index (κ3) is 1.57. The topological polar surface area (TPSA) is 26.3 Å². The largest absolute Gasteiger partial charge is 0.492 e. The lowest BCUT2D eigenvalue weighted by Gasteiger charge is -2.20. The van der Waals surface area contributed by atoms with Gasteiger partial charge in [0.2, 0.25) is 0 Å². The van der Waals surface area contributed by atoms with Crippen LogP contribution in [0.2, 0.25) is 0 Å². The van der Waals surface area contributed by atoms with E-state index < -0.39 is 0 Å².